The van der Waals surface area contributed by atoms with Gasteiger partial charge in [0.05, 0.1) is 7.11 Å². The SMILES string of the molecule is CC(C)c1cccc(C(C)C)c1[N+]1=C=[N+](c2c(C(C)C)cccc2C(C)C)C=C1.COc1ccc2[n-]c3ccccc3c2c1.[Au+]. The summed E-state index contributed by atoms with van der Waals surface area (Å²) in [5.41, 5.74) is 10.1. The molecular formula is C40H46AuN3O+2. The fourth-order valence-corrected chi connectivity index (χ4v) is 6.03. The Hall–Kier alpha value is -3.66. The van der Waals surface area contributed by atoms with Gasteiger partial charge in [-0.1, -0.05) is 131 Å². The molecule has 0 spiro atoms. The summed E-state index contributed by atoms with van der Waals surface area (Å²) in [4.78, 5) is 4.54. The van der Waals surface area contributed by atoms with Gasteiger partial charge in [-0.05, 0) is 46.6 Å². The Morgan fingerprint density at radius 3 is 1.44 bits per heavy atom. The number of ether oxygens (including phenoxy) is 1. The van der Waals surface area contributed by atoms with Crippen LogP contribution in [0.3, 0.4) is 0 Å². The van der Waals surface area contributed by atoms with E-state index < -0.39 is 0 Å². The Morgan fingerprint density at radius 2 is 1.00 bits per heavy atom. The van der Waals surface area contributed by atoms with E-state index in [1.54, 1.807) is 7.11 Å². The van der Waals surface area contributed by atoms with Gasteiger partial charge in [-0.2, -0.15) is 0 Å². The van der Waals surface area contributed by atoms with Crippen LogP contribution in [0.5, 0.6) is 5.75 Å². The van der Waals surface area contributed by atoms with Gasteiger partial charge < -0.3 is 9.72 Å². The van der Waals surface area contributed by atoms with Crippen LogP contribution in [0, 0.1) is 0 Å². The first kappa shape index (κ1) is 34.2. The number of hydrogen-bond donors (Lipinski definition) is 0. The smallest absolute Gasteiger partial charge is 0.657 e. The quantitative estimate of drug-likeness (QED) is 0.122. The summed E-state index contributed by atoms with van der Waals surface area (Å²) in [6, 6.07) is 31.2. The van der Waals surface area contributed by atoms with Crippen LogP contribution in [0.25, 0.3) is 21.8 Å². The molecule has 0 fully saturated rings. The van der Waals surface area contributed by atoms with Crippen molar-refractivity contribution in [1.29, 1.82) is 0 Å². The van der Waals surface area contributed by atoms with Gasteiger partial charge >= 0.3 is 28.4 Å². The predicted octanol–water partition coefficient (Wildman–Crippen LogP) is 10.8. The number of fused-ring (bicyclic) bond motifs is 3. The normalized spacial score (nSPS) is 12.6. The second-order valence-electron chi connectivity index (χ2n) is 12.8. The molecular weight excluding hydrogens is 735 g/mol. The molecule has 4 nitrogen and oxygen atoms in total. The van der Waals surface area contributed by atoms with E-state index in [1.807, 2.05) is 36.4 Å². The van der Waals surface area contributed by atoms with Crippen molar-refractivity contribution in [3.63, 3.8) is 0 Å². The number of nitrogens with zero attached hydrogens (tertiary/aromatic N) is 3. The van der Waals surface area contributed by atoms with E-state index in [2.05, 4.69) is 130 Å². The van der Waals surface area contributed by atoms with Crippen molar-refractivity contribution in [3.8, 4) is 5.75 Å². The van der Waals surface area contributed by atoms with E-state index in [-0.39, 0.29) is 22.4 Å². The third kappa shape index (κ3) is 7.11. The first-order valence-electron chi connectivity index (χ1n) is 15.9. The zero-order valence-corrected chi connectivity index (χ0v) is 30.2. The average Bonchev–Trinajstić information content (AvgIpc) is 3.65. The molecule has 0 saturated carbocycles. The van der Waals surface area contributed by atoms with Gasteiger partial charge in [0.25, 0.3) is 12.4 Å². The van der Waals surface area contributed by atoms with Crippen molar-refractivity contribution in [1.82, 2.24) is 4.98 Å². The molecule has 0 amide bonds. The van der Waals surface area contributed by atoms with E-state index in [4.69, 9.17) is 4.74 Å². The molecule has 0 unspecified atom stereocenters. The molecule has 2 heterocycles. The third-order valence-corrected chi connectivity index (χ3v) is 8.39. The van der Waals surface area contributed by atoms with Crippen LogP contribution in [-0.4, -0.2) is 22.3 Å². The summed E-state index contributed by atoms with van der Waals surface area (Å²) in [7, 11) is 1.68. The molecule has 0 N–H and O–H groups in total. The molecule has 45 heavy (non-hydrogen) atoms. The number of hydrogen-bond acceptors (Lipinski definition) is 1. The van der Waals surface area contributed by atoms with Crippen LogP contribution in [0.2, 0.25) is 0 Å². The zero-order chi connectivity index (χ0) is 31.5. The maximum atomic E-state index is 5.21. The van der Waals surface area contributed by atoms with Crippen molar-refractivity contribution in [2.24, 2.45) is 0 Å². The van der Waals surface area contributed by atoms with E-state index in [9.17, 15) is 0 Å². The summed E-state index contributed by atoms with van der Waals surface area (Å²) in [6.07, 6.45) is 4.32. The molecule has 236 valence electrons. The van der Waals surface area contributed by atoms with Crippen LogP contribution in [0.15, 0.2) is 91.3 Å². The minimum absolute atomic E-state index is 0. The summed E-state index contributed by atoms with van der Waals surface area (Å²) in [6.45, 7) is 18.2. The van der Waals surface area contributed by atoms with Crippen molar-refractivity contribution in [3.05, 3.63) is 114 Å². The molecule has 4 aromatic carbocycles. The minimum atomic E-state index is 0. The zero-order valence-electron chi connectivity index (χ0n) is 28.0. The Kier molecular flexibility index (Phi) is 11.1. The van der Waals surface area contributed by atoms with Gasteiger partial charge in [-0.3, -0.25) is 0 Å². The molecule has 0 bridgehead atoms. The molecule has 5 heteroatoms. The Morgan fingerprint density at radius 1 is 0.556 bits per heavy atom. The van der Waals surface area contributed by atoms with Crippen molar-refractivity contribution >= 4 is 39.2 Å². The standard InChI is InChI=1S/C27H36N2.C13H10NO.Au/c1-18(2)22-11-9-12-23(19(3)4)26(22)28-15-16-29(17-28)27-24(20(5)6)13-10-14-25(27)21(7)8;1-15-9-6-7-13-11(8-9)10-4-2-3-5-12(10)14-13;/h9-16,18-21H,1-8H3;2-8H,1H3;/q+2;-1;+1. The summed E-state index contributed by atoms with van der Waals surface area (Å²) in [5.74, 6) is 2.72. The summed E-state index contributed by atoms with van der Waals surface area (Å²) >= 11 is 0. The van der Waals surface area contributed by atoms with Crippen LogP contribution < -0.4 is 9.72 Å². The number of methoxy groups -OCH3 is 1. The second-order valence-corrected chi connectivity index (χ2v) is 12.8. The van der Waals surface area contributed by atoms with Gasteiger partial charge in [-0.25, -0.2) is 0 Å². The Bertz CT molecular complexity index is 1770. The molecule has 0 aliphatic carbocycles. The van der Waals surface area contributed by atoms with Crippen molar-refractivity contribution in [2.45, 2.75) is 79.1 Å². The monoisotopic (exact) mass is 781 g/mol. The molecule has 0 radical (unpaired) electrons. The van der Waals surface area contributed by atoms with E-state index in [1.165, 1.54) is 39.0 Å². The predicted molar refractivity (Wildman–Crippen MR) is 185 cm³/mol. The van der Waals surface area contributed by atoms with Crippen molar-refractivity contribution in [2.75, 3.05) is 7.11 Å². The number of benzene rings is 4. The van der Waals surface area contributed by atoms with Crippen LogP contribution in [0.1, 0.15) is 101 Å². The topological polar surface area (TPSA) is 29.4 Å². The number of rotatable bonds is 7. The second kappa shape index (κ2) is 14.6. The van der Waals surface area contributed by atoms with Crippen LogP contribution in [-0.2, 0) is 22.4 Å². The fourth-order valence-electron chi connectivity index (χ4n) is 6.03. The molecule has 0 atom stereocenters. The van der Waals surface area contributed by atoms with Gasteiger partial charge in [0.2, 0.25) is 11.4 Å². The maximum absolute atomic E-state index is 5.21. The molecule has 5 aromatic rings. The van der Waals surface area contributed by atoms with Gasteiger partial charge in [0.1, 0.15) is 5.75 Å². The molecule has 6 rings (SSSR count). The number of para-hydroxylation sites is 3. The Labute approximate surface area is 284 Å². The van der Waals surface area contributed by atoms with Crippen LogP contribution >= 0.6 is 0 Å². The first-order valence-corrected chi connectivity index (χ1v) is 15.9. The summed E-state index contributed by atoms with van der Waals surface area (Å²) < 4.78 is 9.61. The van der Waals surface area contributed by atoms with Gasteiger partial charge in [0, 0.05) is 22.3 Å². The first-order chi connectivity index (χ1) is 21.1. The molecule has 0 saturated heterocycles. The molecule has 1 aromatic heterocycles. The molecule has 1 aliphatic heterocycles. The summed E-state index contributed by atoms with van der Waals surface area (Å²) in [5, 5.41) is 2.34. The van der Waals surface area contributed by atoms with E-state index >= 15 is 0 Å². The number of aromatic nitrogens is 1. The minimum Gasteiger partial charge on any atom is -0.657 e. The van der Waals surface area contributed by atoms with Gasteiger partial charge in [-0.15, -0.1) is 11.0 Å². The maximum Gasteiger partial charge on any atom is 1.00 e. The van der Waals surface area contributed by atoms with Crippen molar-refractivity contribution < 1.29 is 36.3 Å². The van der Waals surface area contributed by atoms with Gasteiger partial charge in [0.15, 0.2) is 0 Å². The van der Waals surface area contributed by atoms with Crippen LogP contribution in [0.4, 0.5) is 11.4 Å². The third-order valence-electron chi connectivity index (χ3n) is 8.39. The fraction of sp³-hybridized carbons (Fsp3) is 0.325. The molecule has 1 aliphatic rings. The van der Waals surface area contributed by atoms with E-state index in [0.717, 1.165) is 22.2 Å². The van der Waals surface area contributed by atoms with E-state index in [0.29, 0.717) is 23.7 Å². The average molecular weight is 782 g/mol. The Balaban J connectivity index is 0.000000240. The largest absolute Gasteiger partial charge is 1.00 e.